The van der Waals surface area contributed by atoms with Crippen molar-refractivity contribution in [2.75, 3.05) is 6.54 Å². The number of nitro benzene ring substituents is 1. The summed E-state index contributed by atoms with van der Waals surface area (Å²) in [7, 11) is -4.10. The Morgan fingerprint density at radius 3 is 2.39 bits per heavy atom. The number of aryl methyl sites for hydroxylation is 1. The average Bonchev–Trinajstić information content (AvgIpc) is 2.81. The van der Waals surface area contributed by atoms with E-state index >= 15 is 0 Å². The molecule has 1 N–H and O–H groups in total. The van der Waals surface area contributed by atoms with Gasteiger partial charge in [0.15, 0.2) is 0 Å². The van der Waals surface area contributed by atoms with E-state index in [1.54, 1.807) is 24.3 Å². The van der Waals surface area contributed by atoms with Crippen molar-refractivity contribution in [3.8, 4) is 0 Å². The Morgan fingerprint density at radius 1 is 1.06 bits per heavy atom. The Bertz CT molecular complexity index is 1430. The van der Waals surface area contributed by atoms with Gasteiger partial charge in [-0.15, -0.1) is 0 Å². The van der Waals surface area contributed by atoms with Crippen molar-refractivity contribution < 1.29 is 18.1 Å². The van der Waals surface area contributed by atoms with Crippen LogP contribution in [0.15, 0.2) is 70.7 Å². The molecule has 0 saturated heterocycles. The first-order chi connectivity index (χ1) is 17.0. The number of rotatable bonds is 9. The minimum atomic E-state index is -4.10. The maximum absolute atomic E-state index is 13.4. The highest BCUT2D eigenvalue weighted by Gasteiger charge is 2.27. The molecular formula is C23H19Cl3N4O5S. The molecule has 0 atom stereocenters. The minimum absolute atomic E-state index is 0.00198. The van der Waals surface area contributed by atoms with E-state index in [1.807, 2.05) is 6.92 Å². The van der Waals surface area contributed by atoms with Crippen molar-refractivity contribution in [1.82, 2.24) is 9.73 Å². The van der Waals surface area contributed by atoms with Gasteiger partial charge in [-0.05, 0) is 42.8 Å². The quantitative estimate of drug-likeness (QED) is 0.215. The minimum Gasteiger partial charge on any atom is -0.272 e. The molecule has 3 aromatic carbocycles. The molecule has 9 nitrogen and oxygen atoms in total. The summed E-state index contributed by atoms with van der Waals surface area (Å²) in [5, 5.41) is 15.5. The van der Waals surface area contributed by atoms with Crippen LogP contribution in [-0.4, -0.2) is 36.3 Å². The molecule has 0 unspecified atom stereocenters. The molecule has 1 amide bonds. The average molecular weight is 570 g/mol. The van der Waals surface area contributed by atoms with Crippen LogP contribution in [0.25, 0.3) is 0 Å². The number of nitrogens with zero attached hydrogens (tertiary/aromatic N) is 3. The van der Waals surface area contributed by atoms with Crippen LogP contribution in [0.4, 0.5) is 5.69 Å². The largest absolute Gasteiger partial charge is 0.272 e. The molecular weight excluding hydrogens is 551 g/mol. The van der Waals surface area contributed by atoms with Crippen molar-refractivity contribution in [1.29, 1.82) is 0 Å². The summed E-state index contributed by atoms with van der Waals surface area (Å²) in [6, 6.07) is 14.5. The van der Waals surface area contributed by atoms with Crippen LogP contribution in [0.3, 0.4) is 0 Å². The van der Waals surface area contributed by atoms with Gasteiger partial charge in [0.1, 0.15) is 0 Å². The lowest BCUT2D eigenvalue weighted by atomic mass is 10.2. The lowest BCUT2D eigenvalue weighted by molar-refractivity contribution is -0.384. The molecule has 0 aromatic heterocycles. The number of nitrogens with one attached hydrogen (secondary N) is 1. The van der Waals surface area contributed by atoms with Crippen LogP contribution in [0, 0.1) is 17.0 Å². The van der Waals surface area contributed by atoms with E-state index < -0.39 is 27.4 Å². The molecule has 0 aliphatic rings. The summed E-state index contributed by atoms with van der Waals surface area (Å²) in [6.45, 7) is 1.02. The van der Waals surface area contributed by atoms with Crippen LogP contribution < -0.4 is 5.43 Å². The number of sulfonamides is 1. The lowest BCUT2D eigenvalue weighted by Gasteiger charge is -2.22. The molecule has 13 heteroatoms. The fourth-order valence-corrected chi connectivity index (χ4v) is 5.05. The SMILES string of the molecule is Cc1ccc(S(=O)(=O)N(CC(=O)N/N=C\c2cc([N+](=O)[O-])ccc2Cl)Cc2ccc(Cl)cc2Cl)cc1. The number of hydrazone groups is 1. The number of nitro groups is 1. The monoisotopic (exact) mass is 568 g/mol. The molecule has 0 aliphatic heterocycles. The highest BCUT2D eigenvalue weighted by molar-refractivity contribution is 7.89. The number of hydrogen-bond donors (Lipinski definition) is 1. The van der Waals surface area contributed by atoms with Gasteiger partial charge >= 0.3 is 0 Å². The number of amides is 1. The Kier molecular flexibility index (Phi) is 9.04. The molecule has 36 heavy (non-hydrogen) atoms. The zero-order chi connectivity index (χ0) is 26.5. The van der Waals surface area contributed by atoms with Gasteiger partial charge in [-0.2, -0.15) is 9.41 Å². The van der Waals surface area contributed by atoms with Gasteiger partial charge in [0.25, 0.3) is 11.6 Å². The second-order valence-electron chi connectivity index (χ2n) is 7.58. The van der Waals surface area contributed by atoms with Crippen LogP contribution in [-0.2, 0) is 21.4 Å². The first kappa shape index (κ1) is 27.6. The first-order valence-corrected chi connectivity index (χ1v) is 12.8. The van der Waals surface area contributed by atoms with E-state index in [0.717, 1.165) is 16.1 Å². The summed E-state index contributed by atoms with van der Waals surface area (Å²) < 4.78 is 27.7. The van der Waals surface area contributed by atoms with E-state index in [2.05, 4.69) is 10.5 Å². The van der Waals surface area contributed by atoms with Crippen LogP contribution in [0.1, 0.15) is 16.7 Å². The lowest BCUT2D eigenvalue weighted by Crippen LogP contribution is -2.39. The molecule has 188 valence electrons. The second kappa shape index (κ2) is 11.8. The van der Waals surface area contributed by atoms with Crippen LogP contribution in [0.2, 0.25) is 15.1 Å². The van der Waals surface area contributed by atoms with Gasteiger partial charge in [-0.1, -0.05) is 58.6 Å². The number of benzene rings is 3. The van der Waals surface area contributed by atoms with Crippen molar-refractivity contribution in [3.05, 3.63) is 103 Å². The van der Waals surface area contributed by atoms with Gasteiger partial charge in [0.2, 0.25) is 10.0 Å². The first-order valence-electron chi connectivity index (χ1n) is 10.2. The van der Waals surface area contributed by atoms with Gasteiger partial charge < -0.3 is 0 Å². The van der Waals surface area contributed by atoms with Crippen molar-refractivity contribution >= 4 is 62.6 Å². The highest BCUT2D eigenvalue weighted by atomic mass is 35.5. The molecule has 0 bridgehead atoms. The predicted octanol–water partition coefficient (Wildman–Crippen LogP) is 5.20. The number of carbonyl (C=O) groups is 1. The Labute approximate surface area is 222 Å². The standard InChI is InChI=1S/C23H19Cl3N4O5S/c1-15-2-7-20(8-3-15)36(34,35)29(13-16-4-5-18(24)11-22(16)26)14-23(31)28-27-12-17-10-19(30(32)33)6-9-21(17)25/h2-12H,13-14H2,1H3,(H,28,31)/b27-12-. The maximum Gasteiger partial charge on any atom is 0.270 e. The van der Waals surface area contributed by atoms with E-state index in [9.17, 15) is 23.3 Å². The summed E-state index contributed by atoms with van der Waals surface area (Å²) in [5.74, 6) is -0.756. The maximum atomic E-state index is 13.4. The zero-order valence-corrected chi connectivity index (χ0v) is 21.8. The second-order valence-corrected chi connectivity index (χ2v) is 10.8. The van der Waals surface area contributed by atoms with E-state index in [4.69, 9.17) is 34.8 Å². The smallest absolute Gasteiger partial charge is 0.270 e. The third kappa shape index (κ3) is 7.02. The summed E-state index contributed by atoms with van der Waals surface area (Å²) in [4.78, 5) is 23.0. The molecule has 0 heterocycles. The molecule has 0 fully saturated rings. The van der Waals surface area contributed by atoms with Crippen molar-refractivity contribution in [3.63, 3.8) is 0 Å². The van der Waals surface area contributed by atoms with E-state index in [-0.39, 0.29) is 32.7 Å². The summed E-state index contributed by atoms with van der Waals surface area (Å²) in [5.41, 5.74) is 3.52. The zero-order valence-electron chi connectivity index (χ0n) is 18.7. The van der Waals surface area contributed by atoms with Crippen LogP contribution in [0.5, 0.6) is 0 Å². The summed E-state index contributed by atoms with van der Waals surface area (Å²) in [6.07, 6.45) is 1.13. The highest BCUT2D eigenvalue weighted by Crippen LogP contribution is 2.25. The Morgan fingerprint density at radius 2 is 1.75 bits per heavy atom. The molecule has 3 rings (SSSR count). The number of halogens is 3. The predicted molar refractivity (Wildman–Crippen MR) is 139 cm³/mol. The molecule has 0 saturated carbocycles. The van der Waals surface area contributed by atoms with Gasteiger partial charge in [-0.25, -0.2) is 13.8 Å². The molecule has 0 aliphatic carbocycles. The van der Waals surface area contributed by atoms with Gasteiger partial charge in [0, 0.05) is 39.3 Å². The van der Waals surface area contributed by atoms with Crippen molar-refractivity contribution in [2.45, 2.75) is 18.4 Å². The fraction of sp³-hybridized carbons (Fsp3) is 0.130. The van der Waals surface area contributed by atoms with Gasteiger partial charge in [0.05, 0.1) is 22.6 Å². The summed E-state index contributed by atoms with van der Waals surface area (Å²) >= 11 is 18.2. The topological polar surface area (TPSA) is 122 Å². The molecule has 3 aromatic rings. The number of hydrogen-bond acceptors (Lipinski definition) is 6. The third-order valence-corrected chi connectivity index (χ3v) is 7.66. The van der Waals surface area contributed by atoms with E-state index in [1.165, 1.54) is 36.4 Å². The van der Waals surface area contributed by atoms with Crippen LogP contribution >= 0.6 is 34.8 Å². The third-order valence-electron chi connectivity index (χ3n) is 4.92. The normalized spacial score (nSPS) is 11.7. The fourth-order valence-electron chi connectivity index (χ4n) is 3.04. The number of non-ortho nitro benzene ring substituents is 1. The van der Waals surface area contributed by atoms with Crippen molar-refractivity contribution in [2.24, 2.45) is 5.10 Å². The van der Waals surface area contributed by atoms with E-state index in [0.29, 0.717) is 10.6 Å². The molecule has 0 spiro atoms. The Hall–Kier alpha value is -3.02. The number of carbonyl (C=O) groups excluding carboxylic acids is 1. The Balaban J connectivity index is 1.83. The van der Waals surface area contributed by atoms with Gasteiger partial charge in [-0.3, -0.25) is 14.9 Å². The molecule has 0 radical (unpaired) electrons.